The first-order valence-corrected chi connectivity index (χ1v) is 14.4. The largest absolute Gasteiger partial charge is 0.453 e. The zero-order chi connectivity index (χ0) is 29.1. The summed E-state index contributed by atoms with van der Waals surface area (Å²) in [5.74, 6) is -1.27. The van der Waals surface area contributed by atoms with E-state index in [0.717, 1.165) is 48.3 Å². The number of ether oxygens (including phenoxy) is 1. The van der Waals surface area contributed by atoms with Crippen LogP contribution in [0.25, 0.3) is 16.6 Å². The van der Waals surface area contributed by atoms with Crippen LogP contribution in [-0.2, 0) is 10.2 Å². The summed E-state index contributed by atoms with van der Waals surface area (Å²) in [6.45, 7) is 5.46. The second-order valence-electron chi connectivity index (χ2n) is 9.39. The normalized spacial score (nSPS) is 13.8. The third kappa shape index (κ3) is 5.71. The topological polar surface area (TPSA) is 133 Å². The molecule has 5 rings (SSSR count). The smallest absolute Gasteiger partial charge is 0.301 e. The van der Waals surface area contributed by atoms with Crippen molar-refractivity contribution < 1.29 is 17.5 Å². The molecular formula is C28H28FN7O4S. The van der Waals surface area contributed by atoms with Crippen molar-refractivity contribution in [2.75, 3.05) is 49.4 Å². The number of rotatable bonds is 8. The summed E-state index contributed by atoms with van der Waals surface area (Å²) in [7, 11) is -2.61. The number of benzene rings is 3. The Morgan fingerprint density at radius 2 is 1.83 bits per heavy atom. The summed E-state index contributed by atoms with van der Waals surface area (Å²) in [6.07, 6.45) is 1.45. The van der Waals surface area contributed by atoms with Gasteiger partial charge in [-0.3, -0.25) is 14.1 Å². The number of hydrogen-bond acceptors (Lipinski definition) is 8. The van der Waals surface area contributed by atoms with Crippen LogP contribution in [0.5, 0.6) is 11.5 Å². The highest BCUT2D eigenvalue weighted by Crippen LogP contribution is 2.34. The highest BCUT2D eigenvalue weighted by molar-refractivity contribution is 7.90. The summed E-state index contributed by atoms with van der Waals surface area (Å²) in [5.41, 5.74) is 1.25. The average Bonchev–Trinajstić information content (AvgIpc) is 2.99. The molecule has 1 saturated heterocycles. The van der Waals surface area contributed by atoms with Gasteiger partial charge >= 0.3 is 10.2 Å². The van der Waals surface area contributed by atoms with Crippen LogP contribution in [0.15, 0.2) is 65.7 Å². The van der Waals surface area contributed by atoms with Crippen LogP contribution < -0.4 is 25.2 Å². The molecule has 1 fully saturated rings. The molecule has 212 valence electrons. The molecule has 11 nitrogen and oxygen atoms in total. The number of piperazine rings is 1. The molecule has 0 spiro atoms. The minimum atomic E-state index is -3.98. The second-order valence-corrected chi connectivity index (χ2v) is 11.2. The molecule has 0 saturated carbocycles. The summed E-state index contributed by atoms with van der Waals surface area (Å²) < 4.78 is 50.3. The Hall–Kier alpha value is -4.51. The van der Waals surface area contributed by atoms with E-state index in [1.165, 1.54) is 30.1 Å². The molecule has 2 heterocycles. The molecule has 41 heavy (non-hydrogen) atoms. The van der Waals surface area contributed by atoms with Gasteiger partial charge in [-0.2, -0.15) is 18.0 Å². The van der Waals surface area contributed by atoms with Gasteiger partial charge in [-0.05, 0) is 54.6 Å². The lowest BCUT2D eigenvalue weighted by Gasteiger charge is -2.29. The fourth-order valence-electron chi connectivity index (χ4n) is 4.45. The summed E-state index contributed by atoms with van der Waals surface area (Å²) in [4.78, 5) is 20.1. The molecule has 0 amide bonds. The molecule has 0 aliphatic carbocycles. The number of aromatic nitrogens is 2. The Labute approximate surface area is 236 Å². The zero-order valence-corrected chi connectivity index (χ0v) is 23.3. The van der Waals surface area contributed by atoms with E-state index in [0.29, 0.717) is 11.2 Å². The monoisotopic (exact) mass is 577 g/mol. The van der Waals surface area contributed by atoms with Gasteiger partial charge in [-0.1, -0.05) is 6.92 Å². The van der Waals surface area contributed by atoms with Crippen molar-refractivity contribution in [1.29, 1.82) is 5.26 Å². The predicted octanol–water partition coefficient (Wildman–Crippen LogP) is 3.21. The standard InChI is InChI=1S/C28H28FN7O4S/c1-3-34(2)41(38,39)33-26-11-9-24(29)27(23(26)17-30)40-21-8-10-25-22(16-21)28(37)36(18-32-25)20-6-4-19(5-7-20)35-14-12-31-13-15-35/h4-11,16,18,31,33H,3,12-15H2,1-2H3. The highest BCUT2D eigenvalue weighted by Gasteiger charge is 2.22. The maximum atomic E-state index is 14.9. The molecule has 0 atom stereocenters. The molecular weight excluding hydrogens is 549 g/mol. The van der Waals surface area contributed by atoms with Gasteiger partial charge in [0.05, 0.1) is 22.3 Å². The maximum Gasteiger partial charge on any atom is 0.301 e. The Kier molecular flexibility index (Phi) is 7.89. The first-order valence-electron chi connectivity index (χ1n) is 12.9. The average molecular weight is 578 g/mol. The van der Waals surface area contributed by atoms with Crippen molar-refractivity contribution >= 4 is 32.5 Å². The first-order chi connectivity index (χ1) is 19.7. The summed E-state index contributed by atoms with van der Waals surface area (Å²) in [6, 6.07) is 16.0. The molecule has 1 aliphatic rings. The summed E-state index contributed by atoms with van der Waals surface area (Å²) >= 11 is 0. The van der Waals surface area contributed by atoms with Crippen molar-refractivity contribution in [3.63, 3.8) is 0 Å². The van der Waals surface area contributed by atoms with Crippen molar-refractivity contribution in [1.82, 2.24) is 19.2 Å². The summed E-state index contributed by atoms with van der Waals surface area (Å²) in [5, 5.41) is 13.3. The lowest BCUT2D eigenvalue weighted by Crippen LogP contribution is -2.43. The molecule has 4 aromatic rings. The van der Waals surface area contributed by atoms with Gasteiger partial charge in [-0.15, -0.1) is 0 Å². The van der Waals surface area contributed by atoms with Crippen molar-refractivity contribution in [3.05, 3.63) is 82.7 Å². The van der Waals surface area contributed by atoms with E-state index in [1.54, 1.807) is 13.0 Å². The van der Waals surface area contributed by atoms with E-state index >= 15 is 0 Å². The lowest BCUT2D eigenvalue weighted by molar-refractivity contribution is 0.441. The number of anilines is 2. The number of nitriles is 1. The Morgan fingerprint density at radius 1 is 1.12 bits per heavy atom. The Morgan fingerprint density at radius 3 is 2.51 bits per heavy atom. The molecule has 13 heteroatoms. The van der Waals surface area contributed by atoms with Gasteiger partial charge in [0.2, 0.25) is 0 Å². The van der Waals surface area contributed by atoms with E-state index in [4.69, 9.17) is 4.74 Å². The van der Waals surface area contributed by atoms with E-state index in [1.807, 2.05) is 30.3 Å². The Balaban J connectivity index is 1.47. The number of fused-ring (bicyclic) bond motifs is 1. The van der Waals surface area contributed by atoms with Gasteiger partial charge in [0.25, 0.3) is 5.56 Å². The predicted molar refractivity (Wildman–Crippen MR) is 154 cm³/mol. The maximum absolute atomic E-state index is 14.9. The SMILES string of the molecule is CCN(C)S(=O)(=O)Nc1ccc(F)c(Oc2ccc3ncn(-c4ccc(N5CCNCC5)cc4)c(=O)c3c2)c1C#N. The number of nitrogens with zero attached hydrogens (tertiary/aromatic N) is 5. The molecule has 0 radical (unpaired) electrons. The Bertz CT molecular complexity index is 1800. The van der Waals surface area contributed by atoms with E-state index < -0.39 is 21.8 Å². The van der Waals surface area contributed by atoms with Gasteiger partial charge in [0, 0.05) is 45.5 Å². The van der Waals surface area contributed by atoms with Crippen LogP contribution in [0, 0.1) is 17.1 Å². The van der Waals surface area contributed by atoms with Crippen LogP contribution in [0.4, 0.5) is 15.8 Å². The van der Waals surface area contributed by atoms with Crippen LogP contribution in [0.2, 0.25) is 0 Å². The van der Waals surface area contributed by atoms with Crippen LogP contribution in [0.3, 0.4) is 0 Å². The van der Waals surface area contributed by atoms with Gasteiger partial charge in [0.1, 0.15) is 23.7 Å². The molecule has 1 aliphatic heterocycles. The van der Waals surface area contributed by atoms with Crippen LogP contribution in [0.1, 0.15) is 12.5 Å². The van der Waals surface area contributed by atoms with E-state index in [2.05, 4.69) is 19.9 Å². The molecule has 0 unspecified atom stereocenters. The highest BCUT2D eigenvalue weighted by atomic mass is 32.2. The van der Waals surface area contributed by atoms with Crippen molar-refractivity contribution in [3.8, 4) is 23.3 Å². The van der Waals surface area contributed by atoms with E-state index in [9.17, 15) is 22.9 Å². The van der Waals surface area contributed by atoms with Crippen LogP contribution >= 0.6 is 0 Å². The van der Waals surface area contributed by atoms with E-state index in [-0.39, 0.29) is 34.5 Å². The van der Waals surface area contributed by atoms with Crippen LogP contribution in [-0.4, -0.2) is 62.0 Å². The third-order valence-electron chi connectivity index (χ3n) is 6.88. The number of hydrogen-bond donors (Lipinski definition) is 2. The second kappa shape index (κ2) is 11.5. The molecule has 0 bridgehead atoms. The first kappa shape index (κ1) is 28.0. The van der Waals surface area contributed by atoms with Gasteiger partial charge in [-0.25, -0.2) is 9.37 Å². The van der Waals surface area contributed by atoms with Gasteiger partial charge in [0.15, 0.2) is 11.6 Å². The zero-order valence-electron chi connectivity index (χ0n) is 22.5. The minimum absolute atomic E-state index is 0.0734. The lowest BCUT2D eigenvalue weighted by atomic mass is 10.1. The third-order valence-corrected chi connectivity index (χ3v) is 8.43. The fraction of sp³-hybridized carbons (Fsp3) is 0.250. The molecule has 2 N–H and O–H groups in total. The molecule has 1 aromatic heterocycles. The number of halogens is 1. The number of nitrogens with one attached hydrogen (secondary N) is 2. The van der Waals surface area contributed by atoms with Crippen molar-refractivity contribution in [2.24, 2.45) is 0 Å². The quantitative estimate of drug-likeness (QED) is 0.326. The fourth-order valence-corrected chi connectivity index (χ4v) is 5.40. The van der Waals surface area contributed by atoms with Gasteiger partial charge < -0.3 is 15.0 Å². The minimum Gasteiger partial charge on any atom is -0.453 e. The molecule has 3 aromatic carbocycles. The van der Waals surface area contributed by atoms with Crippen molar-refractivity contribution in [2.45, 2.75) is 6.92 Å².